The fraction of sp³-hybridized carbons (Fsp3) is 0.474. The molecule has 27 heavy (non-hydrogen) atoms. The molecule has 2 fully saturated rings. The van der Waals surface area contributed by atoms with Gasteiger partial charge in [0, 0.05) is 37.9 Å². The second-order valence-corrected chi connectivity index (χ2v) is 7.34. The van der Waals surface area contributed by atoms with E-state index in [-0.39, 0.29) is 35.2 Å². The van der Waals surface area contributed by atoms with Gasteiger partial charge >= 0.3 is 5.97 Å². The third-order valence-electron chi connectivity index (χ3n) is 5.96. The molecule has 2 saturated heterocycles. The van der Waals surface area contributed by atoms with Crippen molar-refractivity contribution < 1.29 is 18.7 Å². The Morgan fingerprint density at radius 3 is 2.44 bits per heavy atom. The minimum absolute atomic E-state index is 0.0461. The molecule has 2 aromatic rings. The lowest BCUT2D eigenvalue weighted by Crippen LogP contribution is -2.52. The summed E-state index contributed by atoms with van der Waals surface area (Å²) in [4.78, 5) is 27.7. The number of fused-ring (bicyclic) bond motifs is 3. The van der Waals surface area contributed by atoms with Crippen LogP contribution >= 0.6 is 0 Å². The number of carboxylic acids is 1. The summed E-state index contributed by atoms with van der Waals surface area (Å²) in [6, 6.07) is 1.48. The summed E-state index contributed by atoms with van der Waals surface area (Å²) in [7, 11) is 2.04. The first-order valence-electron chi connectivity index (χ1n) is 9.08. The summed E-state index contributed by atoms with van der Waals surface area (Å²) >= 11 is 0. The molecule has 6 nitrogen and oxygen atoms in total. The Morgan fingerprint density at radius 1 is 1.26 bits per heavy atom. The molecule has 2 aliphatic rings. The zero-order valence-corrected chi connectivity index (χ0v) is 15.2. The molecule has 1 aromatic heterocycles. The van der Waals surface area contributed by atoms with E-state index in [1.165, 1.54) is 4.57 Å². The van der Waals surface area contributed by atoms with E-state index in [2.05, 4.69) is 4.90 Å². The maximum atomic E-state index is 15.4. The minimum Gasteiger partial charge on any atom is -0.477 e. The molecule has 0 spiro atoms. The number of likely N-dealkylation sites (N-methyl/N-ethyl adjacent to an activating group) is 1. The molecule has 0 saturated carbocycles. The van der Waals surface area contributed by atoms with Crippen molar-refractivity contribution in [1.29, 1.82) is 0 Å². The van der Waals surface area contributed by atoms with Gasteiger partial charge < -0.3 is 14.6 Å². The number of rotatable bonds is 3. The van der Waals surface area contributed by atoms with Gasteiger partial charge in [0.2, 0.25) is 5.43 Å². The largest absolute Gasteiger partial charge is 0.477 e. The van der Waals surface area contributed by atoms with Crippen LogP contribution in [0.25, 0.3) is 10.9 Å². The van der Waals surface area contributed by atoms with Gasteiger partial charge in [-0.2, -0.15) is 0 Å². The molecule has 0 radical (unpaired) electrons. The number of hydrogen-bond donors (Lipinski definition) is 1. The predicted octanol–water partition coefficient (Wildman–Crippen LogP) is 2.28. The van der Waals surface area contributed by atoms with Crippen molar-refractivity contribution in [2.45, 2.75) is 38.4 Å². The van der Waals surface area contributed by atoms with Crippen LogP contribution < -0.4 is 10.3 Å². The zero-order valence-electron chi connectivity index (χ0n) is 15.2. The highest BCUT2D eigenvalue weighted by atomic mass is 19.1. The quantitative estimate of drug-likeness (QED) is 0.889. The van der Waals surface area contributed by atoms with E-state index in [0.29, 0.717) is 13.1 Å². The Balaban J connectivity index is 1.93. The molecule has 2 bridgehead atoms. The van der Waals surface area contributed by atoms with Gasteiger partial charge in [0.25, 0.3) is 0 Å². The van der Waals surface area contributed by atoms with Crippen molar-refractivity contribution >= 4 is 22.6 Å². The fourth-order valence-electron chi connectivity index (χ4n) is 4.46. The average Bonchev–Trinajstić information content (AvgIpc) is 2.82. The number of aromatic carboxylic acids is 1. The lowest BCUT2D eigenvalue weighted by Gasteiger charge is -2.40. The Kier molecular flexibility index (Phi) is 4.18. The molecule has 4 rings (SSSR count). The number of nitrogens with zero attached hydrogens (tertiary/aromatic N) is 3. The van der Waals surface area contributed by atoms with E-state index in [1.54, 1.807) is 11.8 Å². The molecule has 144 valence electrons. The van der Waals surface area contributed by atoms with Crippen molar-refractivity contribution in [3.63, 3.8) is 0 Å². The second kappa shape index (κ2) is 6.30. The number of hydrogen-bond acceptors (Lipinski definition) is 4. The Labute approximate surface area is 154 Å². The minimum atomic E-state index is -1.41. The van der Waals surface area contributed by atoms with Crippen LogP contribution in [-0.2, 0) is 6.54 Å². The number of carbonyl (C=O) groups is 1. The number of piperazine rings is 1. The van der Waals surface area contributed by atoms with Gasteiger partial charge in [0.15, 0.2) is 5.82 Å². The molecular formula is C19H21F2N3O3. The van der Waals surface area contributed by atoms with Crippen molar-refractivity contribution in [2.24, 2.45) is 0 Å². The van der Waals surface area contributed by atoms with Gasteiger partial charge in [0.1, 0.15) is 17.1 Å². The monoisotopic (exact) mass is 377 g/mol. The molecule has 0 aliphatic carbocycles. The van der Waals surface area contributed by atoms with Crippen LogP contribution in [0.4, 0.5) is 14.5 Å². The molecule has 2 aliphatic heterocycles. The molecular weight excluding hydrogens is 356 g/mol. The van der Waals surface area contributed by atoms with E-state index >= 15 is 4.39 Å². The third kappa shape index (κ3) is 2.62. The van der Waals surface area contributed by atoms with Crippen LogP contribution in [0.1, 0.15) is 30.1 Å². The van der Waals surface area contributed by atoms with Gasteiger partial charge in [-0.25, -0.2) is 13.6 Å². The summed E-state index contributed by atoms with van der Waals surface area (Å²) in [5.41, 5.74) is -1.54. The first-order valence-corrected chi connectivity index (χ1v) is 9.08. The number of halogens is 2. The topological polar surface area (TPSA) is 65.8 Å². The summed E-state index contributed by atoms with van der Waals surface area (Å²) in [5, 5.41) is 8.98. The molecule has 0 amide bonds. The highest BCUT2D eigenvalue weighted by molar-refractivity contribution is 5.93. The fourth-order valence-corrected chi connectivity index (χ4v) is 4.46. The number of aromatic nitrogens is 1. The van der Waals surface area contributed by atoms with Crippen LogP contribution in [0.2, 0.25) is 0 Å². The summed E-state index contributed by atoms with van der Waals surface area (Å²) in [6.45, 7) is 3.02. The van der Waals surface area contributed by atoms with E-state index in [0.717, 1.165) is 25.1 Å². The Morgan fingerprint density at radius 2 is 1.89 bits per heavy atom. The SMILES string of the molecule is CCn1cc(C(=O)O)c(=O)c2cc(F)c(N3CC4CCC(C3)N4C)c(F)c21. The maximum Gasteiger partial charge on any atom is 0.341 e. The maximum absolute atomic E-state index is 15.4. The van der Waals surface area contributed by atoms with Crippen molar-refractivity contribution in [3.8, 4) is 0 Å². The van der Waals surface area contributed by atoms with Crippen molar-refractivity contribution in [2.75, 3.05) is 25.0 Å². The molecule has 1 N–H and O–H groups in total. The predicted molar refractivity (Wildman–Crippen MR) is 97.5 cm³/mol. The van der Waals surface area contributed by atoms with Gasteiger partial charge in [-0.1, -0.05) is 0 Å². The molecule has 1 aromatic carbocycles. The first-order chi connectivity index (χ1) is 12.8. The summed E-state index contributed by atoms with van der Waals surface area (Å²) in [6.07, 6.45) is 3.12. The highest BCUT2D eigenvalue weighted by Gasteiger charge is 2.39. The number of anilines is 1. The highest BCUT2D eigenvalue weighted by Crippen LogP contribution is 2.36. The van der Waals surface area contributed by atoms with E-state index in [9.17, 15) is 19.1 Å². The third-order valence-corrected chi connectivity index (χ3v) is 5.96. The van der Waals surface area contributed by atoms with E-state index in [4.69, 9.17) is 0 Å². The van der Waals surface area contributed by atoms with Gasteiger partial charge in [-0.3, -0.25) is 9.69 Å². The number of benzene rings is 1. The number of carboxylic acid groups (broad SMARTS) is 1. The standard InChI is InChI=1S/C19H21F2N3O3/c1-3-23-9-13(19(26)27)18(25)12-6-14(20)17(15(21)16(12)23)24-7-10-4-5-11(8-24)22(10)2/h6,9-11H,3-5,7-8H2,1-2H3,(H,26,27). The number of pyridine rings is 1. The van der Waals surface area contributed by atoms with E-state index in [1.807, 2.05) is 7.05 Å². The molecule has 3 heterocycles. The van der Waals surface area contributed by atoms with Crippen LogP contribution in [-0.4, -0.2) is 52.8 Å². The average molecular weight is 377 g/mol. The lowest BCUT2D eigenvalue weighted by molar-refractivity contribution is 0.0695. The normalized spacial score (nSPS) is 22.6. The lowest BCUT2D eigenvalue weighted by atomic mass is 10.1. The van der Waals surface area contributed by atoms with Crippen LogP contribution in [0.15, 0.2) is 17.1 Å². The Hall–Kier alpha value is -2.48. The van der Waals surface area contributed by atoms with E-state index < -0.39 is 28.6 Å². The van der Waals surface area contributed by atoms with Crippen LogP contribution in [0.3, 0.4) is 0 Å². The van der Waals surface area contributed by atoms with Gasteiger partial charge in [0.05, 0.1) is 10.9 Å². The van der Waals surface area contributed by atoms with Crippen molar-refractivity contribution in [1.82, 2.24) is 9.47 Å². The van der Waals surface area contributed by atoms with Gasteiger partial charge in [-0.05, 0) is 32.9 Å². The van der Waals surface area contributed by atoms with Crippen LogP contribution in [0, 0.1) is 11.6 Å². The smallest absolute Gasteiger partial charge is 0.341 e. The molecule has 2 unspecified atom stereocenters. The molecule has 8 heteroatoms. The van der Waals surface area contributed by atoms with Gasteiger partial charge in [-0.15, -0.1) is 0 Å². The van der Waals surface area contributed by atoms with Crippen molar-refractivity contribution in [3.05, 3.63) is 39.7 Å². The van der Waals surface area contributed by atoms with Crippen LogP contribution in [0.5, 0.6) is 0 Å². The zero-order chi connectivity index (χ0) is 19.5. The molecule has 2 atom stereocenters. The Bertz CT molecular complexity index is 990. The second-order valence-electron chi connectivity index (χ2n) is 7.34. The summed E-state index contributed by atoms with van der Waals surface area (Å²) in [5.74, 6) is -3.04. The summed E-state index contributed by atoms with van der Waals surface area (Å²) < 4.78 is 31.7. The number of aryl methyl sites for hydroxylation is 1. The first kappa shape index (κ1) is 17.9.